The Morgan fingerprint density at radius 1 is 1.23 bits per heavy atom. The van der Waals surface area contributed by atoms with E-state index >= 15 is 0 Å². The smallest absolute Gasteiger partial charge is 0.311 e. The van der Waals surface area contributed by atoms with Gasteiger partial charge in [0.15, 0.2) is 0 Å². The lowest BCUT2D eigenvalue weighted by Gasteiger charge is -2.16. The van der Waals surface area contributed by atoms with Crippen LogP contribution in [0.3, 0.4) is 0 Å². The van der Waals surface area contributed by atoms with Gasteiger partial charge in [0.1, 0.15) is 0 Å². The zero-order valence-corrected chi connectivity index (χ0v) is 12.2. The molecule has 0 unspecified atom stereocenters. The monoisotopic (exact) mass is 302 g/mol. The molecule has 22 heavy (non-hydrogen) atoms. The summed E-state index contributed by atoms with van der Waals surface area (Å²) >= 11 is 0. The Morgan fingerprint density at radius 2 is 1.91 bits per heavy atom. The number of nitrogens with zero attached hydrogens (tertiary/aromatic N) is 1. The average molecular weight is 302 g/mol. The fourth-order valence-corrected chi connectivity index (χ4v) is 2.68. The van der Waals surface area contributed by atoms with E-state index in [9.17, 15) is 14.4 Å². The number of hydrogen-bond acceptors (Lipinski definition) is 3. The number of carboxylic acids is 1. The standard InChI is InChI=1S/C16H18N2O4/c19-13-2-1-9-18(13)12-5-3-11(4-6-12)14(20)17-10-16(7-8-16)15(21)22/h3-6H,1-2,7-10H2,(H,17,20)(H,21,22). The van der Waals surface area contributed by atoms with Gasteiger partial charge in [-0.05, 0) is 43.5 Å². The average Bonchev–Trinajstić information content (AvgIpc) is 3.20. The van der Waals surface area contributed by atoms with Gasteiger partial charge in [0.05, 0.1) is 5.41 Å². The van der Waals surface area contributed by atoms with Crippen LogP contribution in [0.25, 0.3) is 0 Å². The Balaban J connectivity index is 1.61. The second kappa shape index (κ2) is 5.44. The molecule has 0 aromatic heterocycles. The minimum atomic E-state index is -0.851. The fourth-order valence-electron chi connectivity index (χ4n) is 2.68. The minimum Gasteiger partial charge on any atom is -0.481 e. The number of rotatable bonds is 5. The van der Waals surface area contributed by atoms with Gasteiger partial charge in [-0.2, -0.15) is 0 Å². The number of anilines is 1. The molecule has 0 bridgehead atoms. The predicted octanol–water partition coefficient (Wildman–Crippen LogP) is 1.41. The lowest BCUT2D eigenvalue weighted by atomic mass is 10.1. The topological polar surface area (TPSA) is 86.7 Å². The van der Waals surface area contributed by atoms with E-state index in [-0.39, 0.29) is 18.4 Å². The maximum absolute atomic E-state index is 12.1. The number of carboxylic acid groups (broad SMARTS) is 1. The van der Waals surface area contributed by atoms with E-state index in [1.54, 1.807) is 29.2 Å². The second-order valence-corrected chi connectivity index (χ2v) is 5.96. The molecular weight excluding hydrogens is 284 g/mol. The molecule has 1 heterocycles. The molecule has 2 aliphatic rings. The van der Waals surface area contributed by atoms with Crippen molar-refractivity contribution in [2.24, 2.45) is 5.41 Å². The number of hydrogen-bond donors (Lipinski definition) is 2. The van der Waals surface area contributed by atoms with Crippen molar-refractivity contribution in [3.63, 3.8) is 0 Å². The van der Waals surface area contributed by atoms with Crippen molar-refractivity contribution < 1.29 is 19.5 Å². The van der Waals surface area contributed by atoms with Crippen LogP contribution in [0.2, 0.25) is 0 Å². The summed E-state index contributed by atoms with van der Waals surface area (Å²) in [7, 11) is 0. The Labute approximate surface area is 128 Å². The van der Waals surface area contributed by atoms with E-state index < -0.39 is 11.4 Å². The van der Waals surface area contributed by atoms with Crippen molar-refractivity contribution in [3.05, 3.63) is 29.8 Å². The van der Waals surface area contributed by atoms with Crippen LogP contribution in [0.5, 0.6) is 0 Å². The molecule has 0 radical (unpaired) electrons. The molecule has 2 fully saturated rings. The van der Waals surface area contributed by atoms with Crippen LogP contribution in [-0.2, 0) is 9.59 Å². The number of aliphatic carboxylic acids is 1. The fraction of sp³-hybridized carbons (Fsp3) is 0.438. The van der Waals surface area contributed by atoms with Gasteiger partial charge < -0.3 is 15.3 Å². The molecule has 1 saturated carbocycles. The van der Waals surface area contributed by atoms with Crippen molar-refractivity contribution in [2.75, 3.05) is 18.0 Å². The van der Waals surface area contributed by atoms with Crippen molar-refractivity contribution in [2.45, 2.75) is 25.7 Å². The Bertz CT molecular complexity index is 620. The Hall–Kier alpha value is -2.37. The number of amides is 2. The molecule has 1 saturated heterocycles. The van der Waals surface area contributed by atoms with E-state index in [0.29, 0.717) is 31.4 Å². The molecule has 116 valence electrons. The van der Waals surface area contributed by atoms with Crippen molar-refractivity contribution >= 4 is 23.5 Å². The van der Waals surface area contributed by atoms with Gasteiger partial charge >= 0.3 is 5.97 Å². The van der Waals surface area contributed by atoms with Crippen LogP contribution >= 0.6 is 0 Å². The van der Waals surface area contributed by atoms with Crippen LogP contribution < -0.4 is 10.2 Å². The van der Waals surface area contributed by atoms with E-state index in [4.69, 9.17) is 5.11 Å². The van der Waals surface area contributed by atoms with Crippen molar-refractivity contribution in [1.82, 2.24) is 5.32 Å². The molecule has 2 amide bonds. The van der Waals surface area contributed by atoms with Crippen LogP contribution in [0.4, 0.5) is 5.69 Å². The number of benzene rings is 1. The first kappa shape index (κ1) is 14.6. The Morgan fingerprint density at radius 3 is 2.41 bits per heavy atom. The molecule has 1 aromatic carbocycles. The third-order valence-corrected chi connectivity index (χ3v) is 4.41. The predicted molar refractivity (Wildman–Crippen MR) is 79.7 cm³/mol. The summed E-state index contributed by atoms with van der Waals surface area (Å²) in [6.07, 6.45) is 2.65. The van der Waals surface area contributed by atoms with Crippen molar-refractivity contribution in [1.29, 1.82) is 0 Å². The SMILES string of the molecule is O=C(NCC1(C(=O)O)CC1)c1ccc(N2CCCC2=O)cc1. The largest absolute Gasteiger partial charge is 0.481 e. The molecule has 1 aliphatic heterocycles. The Kier molecular flexibility index (Phi) is 3.60. The summed E-state index contributed by atoms with van der Waals surface area (Å²) in [5, 5.41) is 11.8. The normalized spacial score (nSPS) is 19.1. The van der Waals surface area contributed by atoms with Crippen molar-refractivity contribution in [3.8, 4) is 0 Å². The van der Waals surface area contributed by atoms with E-state index in [0.717, 1.165) is 12.1 Å². The summed E-state index contributed by atoms with van der Waals surface area (Å²) in [6, 6.07) is 6.83. The van der Waals surface area contributed by atoms with Gasteiger partial charge in [-0.25, -0.2) is 0 Å². The van der Waals surface area contributed by atoms with E-state index in [2.05, 4.69) is 5.32 Å². The first-order valence-electron chi connectivity index (χ1n) is 7.44. The van der Waals surface area contributed by atoms with E-state index in [1.807, 2.05) is 0 Å². The molecule has 6 heteroatoms. The maximum Gasteiger partial charge on any atom is 0.311 e. The van der Waals surface area contributed by atoms with Crippen LogP contribution in [0, 0.1) is 5.41 Å². The van der Waals surface area contributed by atoms with E-state index in [1.165, 1.54) is 0 Å². The van der Waals surface area contributed by atoms with Gasteiger partial charge in [0.25, 0.3) is 5.91 Å². The summed E-state index contributed by atoms with van der Waals surface area (Å²) in [4.78, 5) is 36.5. The van der Waals surface area contributed by atoms with Gasteiger partial charge in [0.2, 0.25) is 5.91 Å². The molecule has 1 aliphatic carbocycles. The third-order valence-electron chi connectivity index (χ3n) is 4.41. The second-order valence-electron chi connectivity index (χ2n) is 5.96. The molecule has 6 nitrogen and oxygen atoms in total. The number of carbonyl (C=O) groups excluding carboxylic acids is 2. The van der Waals surface area contributed by atoms with Crippen LogP contribution in [0.1, 0.15) is 36.0 Å². The summed E-state index contributed by atoms with van der Waals surface area (Å²) in [6.45, 7) is 0.874. The summed E-state index contributed by atoms with van der Waals surface area (Å²) < 4.78 is 0. The molecule has 0 spiro atoms. The number of nitrogens with one attached hydrogen (secondary N) is 1. The lowest BCUT2D eigenvalue weighted by molar-refractivity contribution is -0.143. The quantitative estimate of drug-likeness (QED) is 0.861. The van der Waals surface area contributed by atoms with Gasteiger partial charge in [-0.15, -0.1) is 0 Å². The minimum absolute atomic E-state index is 0.106. The highest BCUT2D eigenvalue weighted by atomic mass is 16.4. The van der Waals surface area contributed by atoms with Gasteiger partial charge in [0, 0.05) is 30.8 Å². The lowest BCUT2D eigenvalue weighted by Crippen LogP contribution is -2.34. The molecule has 1 aromatic rings. The highest BCUT2D eigenvalue weighted by Crippen LogP contribution is 2.45. The highest BCUT2D eigenvalue weighted by molar-refractivity contribution is 5.97. The summed E-state index contributed by atoms with van der Waals surface area (Å²) in [5.74, 6) is -1.03. The first-order chi connectivity index (χ1) is 10.5. The molecule has 3 rings (SSSR count). The first-order valence-corrected chi connectivity index (χ1v) is 7.44. The molecule has 0 atom stereocenters. The van der Waals surface area contributed by atoms with Gasteiger partial charge in [-0.3, -0.25) is 14.4 Å². The molecular formula is C16H18N2O4. The zero-order chi connectivity index (χ0) is 15.7. The number of carbonyl (C=O) groups is 3. The zero-order valence-electron chi connectivity index (χ0n) is 12.2. The maximum atomic E-state index is 12.1. The summed E-state index contributed by atoms with van der Waals surface area (Å²) in [5.41, 5.74) is 0.497. The van der Waals surface area contributed by atoms with Crippen LogP contribution in [-0.4, -0.2) is 36.0 Å². The van der Waals surface area contributed by atoms with Crippen LogP contribution in [0.15, 0.2) is 24.3 Å². The molecule has 2 N–H and O–H groups in total. The third kappa shape index (κ3) is 2.68. The van der Waals surface area contributed by atoms with Gasteiger partial charge in [-0.1, -0.05) is 0 Å². The highest BCUT2D eigenvalue weighted by Gasteiger charge is 2.50.